The molecule has 1 saturated carbocycles. The predicted octanol–water partition coefficient (Wildman–Crippen LogP) is 1.25. The molecular weight excluding hydrogens is 268 g/mol. The van der Waals surface area contributed by atoms with Crippen molar-refractivity contribution in [3.05, 3.63) is 35.9 Å². The molecule has 3 unspecified atom stereocenters. The van der Waals surface area contributed by atoms with Crippen LogP contribution in [-0.2, 0) is 14.3 Å². The van der Waals surface area contributed by atoms with Crippen molar-refractivity contribution in [1.82, 2.24) is 10.2 Å². The lowest BCUT2D eigenvalue weighted by Gasteiger charge is -2.39. The molecule has 2 amide bonds. The SMILES string of the molecule is COC1CCC(N2C(=O)CNC(=O)C2c2ccccc2)C1. The summed E-state index contributed by atoms with van der Waals surface area (Å²) in [6.45, 7) is 0.0936. The standard InChI is InChI=1S/C16H20N2O3/c1-21-13-8-7-12(9-13)18-14(19)10-17-16(20)15(18)11-5-3-2-4-6-11/h2-6,12-13,15H,7-10H2,1H3,(H,17,20). The molecule has 3 rings (SSSR count). The minimum Gasteiger partial charge on any atom is -0.381 e. The van der Waals surface area contributed by atoms with Gasteiger partial charge in [0.15, 0.2) is 0 Å². The van der Waals surface area contributed by atoms with Crippen LogP contribution in [0.4, 0.5) is 0 Å². The molecule has 21 heavy (non-hydrogen) atoms. The Morgan fingerprint density at radius 1 is 1.19 bits per heavy atom. The Labute approximate surface area is 124 Å². The van der Waals surface area contributed by atoms with Crippen LogP contribution in [0.1, 0.15) is 30.9 Å². The molecular formula is C16H20N2O3. The fraction of sp³-hybridized carbons (Fsp3) is 0.500. The first-order valence-electron chi connectivity index (χ1n) is 7.37. The molecule has 2 fully saturated rings. The molecule has 1 N–H and O–H groups in total. The second-order valence-electron chi connectivity index (χ2n) is 5.66. The molecule has 0 spiro atoms. The molecule has 2 aliphatic rings. The number of benzene rings is 1. The van der Waals surface area contributed by atoms with E-state index in [4.69, 9.17) is 4.74 Å². The minimum absolute atomic E-state index is 0.00907. The second kappa shape index (κ2) is 5.85. The molecule has 5 nitrogen and oxygen atoms in total. The maximum Gasteiger partial charge on any atom is 0.247 e. The van der Waals surface area contributed by atoms with Crippen molar-refractivity contribution < 1.29 is 14.3 Å². The molecule has 1 saturated heterocycles. The highest BCUT2D eigenvalue weighted by Gasteiger charge is 2.42. The van der Waals surface area contributed by atoms with Crippen molar-refractivity contribution in [2.45, 2.75) is 37.5 Å². The van der Waals surface area contributed by atoms with Gasteiger partial charge >= 0.3 is 0 Å². The molecule has 1 heterocycles. The number of hydrogen-bond donors (Lipinski definition) is 1. The summed E-state index contributed by atoms with van der Waals surface area (Å²) in [6, 6.07) is 9.06. The van der Waals surface area contributed by atoms with Crippen LogP contribution in [0.2, 0.25) is 0 Å². The highest BCUT2D eigenvalue weighted by atomic mass is 16.5. The van der Waals surface area contributed by atoms with Crippen LogP contribution >= 0.6 is 0 Å². The number of methoxy groups -OCH3 is 1. The van der Waals surface area contributed by atoms with Crippen LogP contribution in [0.15, 0.2) is 30.3 Å². The summed E-state index contributed by atoms with van der Waals surface area (Å²) in [4.78, 5) is 26.5. The van der Waals surface area contributed by atoms with E-state index in [0.29, 0.717) is 0 Å². The van der Waals surface area contributed by atoms with Crippen molar-refractivity contribution in [3.8, 4) is 0 Å². The Morgan fingerprint density at radius 3 is 2.62 bits per heavy atom. The van der Waals surface area contributed by atoms with Crippen LogP contribution in [0, 0.1) is 0 Å². The Morgan fingerprint density at radius 2 is 1.95 bits per heavy atom. The molecule has 112 valence electrons. The average Bonchev–Trinajstić information content (AvgIpc) is 2.98. The molecule has 0 bridgehead atoms. The summed E-state index contributed by atoms with van der Waals surface area (Å²) >= 11 is 0. The highest BCUT2D eigenvalue weighted by molar-refractivity contribution is 5.95. The van der Waals surface area contributed by atoms with Gasteiger partial charge in [-0.1, -0.05) is 30.3 Å². The van der Waals surface area contributed by atoms with Crippen LogP contribution in [0.5, 0.6) is 0 Å². The fourth-order valence-electron chi connectivity index (χ4n) is 3.37. The molecule has 1 aliphatic heterocycles. The van der Waals surface area contributed by atoms with Crippen molar-refractivity contribution in [2.24, 2.45) is 0 Å². The van der Waals surface area contributed by atoms with Crippen molar-refractivity contribution in [1.29, 1.82) is 0 Å². The third-order valence-corrected chi connectivity index (χ3v) is 4.43. The number of amides is 2. The van der Waals surface area contributed by atoms with E-state index in [1.54, 1.807) is 12.0 Å². The van der Waals surface area contributed by atoms with E-state index in [1.165, 1.54) is 0 Å². The van der Waals surface area contributed by atoms with E-state index in [0.717, 1.165) is 24.8 Å². The zero-order chi connectivity index (χ0) is 14.8. The Hall–Kier alpha value is -1.88. The number of nitrogens with one attached hydrogen (secondary N) is 1. The van der Waals surface area contributed by atoms with Gasteiger partial charge in [0.05, 0.1) is 12.6 Å². The summed E-state index contributed by atoms with van der Waals surface area (Å²) in [5.74, 6) is -0.105. The number of rotatable bonds is 3. The quantitative estimate of drug-likeness (QED) is 0.911. The highest BCUT2D eigenvalue weighted by Crippen LogP contribution is 2.34. The lowest BCUT2D eigenvalue weighted by atomic mass is 9.99. The zero-order valence-electron chi connectivity index (χ0n) is 12.1. The van der Waals surface area contributed by atoms with Crippen molar-refractivity contribution >= 4 is 11.8 Å². The summed E-state index contributed by atoms with van der Waals surface area (Å²) in [6.07, 6.45) is 2.82. The minimum atomic E-state index is -0.520. The zero-order valence-corrected chi connectivity index (χ0v) is 12.1. The number of carbonyl (C=O) groups excluding carboxylic acids is 2. The smallest absolute Gasteiger partial charge is 0.247 e. The summed E-state index contributed by atoms with van der Waals surface area (Å²) in [5.41, 5.74) is 0.865. The van der Waals surface area contributed by atoms with Gasteiger partial charge in [-0.05, 0) is 24.8 Å². The third kappa shape index (κ3) is 2.65. The van der Waals surface area contributed by atoms with Crippen LogP contribution in [0.3, 0.4) is 0 Å². The van der Waals surface area contributed by atoms with Gasteiger partial charge in [0.2, 0.25) is 11.8 Å². The van der Waals surface area contributed by atoms with Crippen molar-refractivity contribution in [3.63, 3.8) is 0 Å². The number of piperazine rings is 1. The van der Waals surface area contributed by atoms with E-state index < -0.39 is 6.04 Å². The molecule has 0 radical (unpaired) electrons. The van der Waals surface area contributed by atoms with E-state index in [-0.39, 0.29) is 30.5 Å². The summed E-state index contributed by atoms with van der Waals surface area (Å²) in [7, 11) is 1.70. The second-order valence-corrected chi connectivity index (χ2v) is 5.66. The van der Waals surface area contributed by atoms with Gasteiger partial charge in [0.1, 0.15) is 6.04 Å². The Balaban J connectivity index is 1.90. The van der Waals surface area contributed by atoms with Gasteiger partial charge in [-0.3, -0.25) is 9.59 Å². The van der Waals surface area contributed by atoms with Crippen LogP contribution < -0.4 is 5.32 Å². The van der Waals surface area contributed by atoms with Gasteiger partial charge in [-0.2, -0.15) is 0 Å². The van der Waals surface area contributed by atoms with Gasteiger partial charge in [0, 0.05) is 13.2 Å². The third-order valence-electron chi connectivity index (χ3n) is 4.43. The molecule has 5 heteroatoms. The number of hydrogen-bond acceptors (Lipinski definition) is 3. The topological polar surface area (TPSA) is 58.6 Å². The lowest BCUT2D eigenvalue weighted by Crippen LogP contribution is -2.56. The summed E-state index contributed by atoms with van der Waals surface area (Å²) in [5, 5.41) is 2.70. The summed E-state index contributed by atoms with van der Waals surface area (Å²) < 4.78 is 5.40. The molecule has 1 aromatic carbocycles. The maximum atomic E-state index is 12.4. The van der Waals surface area contributed by atoms with E-state index in [9.17, 15) is 9.59 Å². The Kier molecular flexibility index (Phi) is 3.92. The van der Waals surface area contributed by atoms with Crippen LogP contribution in [0.25, 0.3) is 0 Å². The largest absolute Gasteiger partial charge is 0.381 e. The van der Waals surface area contributed by atoms with Crippen LogP contribution in [-0.4, -0.2) is 42.5 Å². The molecule has 0 aromatic heterocycles. The van der Waals surface area contributed by atoms with E-state index in [2.05, 4.69) is 5.32 Å². The number of carbonyl (C=O) groups is 2. The first-order valence-corrected chi connectivity index (χ1v) is 7.37. The van der Waals surface area contributed by atoms with Crippen molar-refractivity contribution in [2.75, 3.05) is 13.7 Å². The molecule has 1 aromatic rings. The maximum absolute atomic E-state index is 12.4. The Bertz CT molecular complexity index is 532. The number of nitrogens with zero attached hydrogens (tertiary/aromatic N) is 1. The van der Waals surface area contributed by atoms with Gasteiger partial charge in [0.25, 0.3) is 0 Å². The fourth-order valence-corrected chi connectivity index (χ4v) is 3.37. The van der Waals surface area contributed by atoms with Gasteiger partial charge < -0.3 is 15.0 Å². The molecule has 3 atom stereocenters. The normalized spacial score (nSPS) is 29.6. The van der Waals surface area contributed by atoms with E-state index >= 15 is 0 Å². The molecule has 1 aliphatic carbocycles. The van der Waals surface area contributed by atoms with E-state index in [1.807, 2.05) is 30.3 Å². The number of ether oxygens (including phenoxy) is 1. The first-order chi connectivity index (χ1) is 10.2. The monoisotopic (exact) mass is 288 g/mol. The lowest BCUT2D eigenvalue weighted by molar-refractivity contribution is -0.148. The van der Waals surface area contributed by atoms with Gasteiger partial charge in [-0.25, -0.2) is 0 Å². The predicted molar refractivity (Wildman–Crippen MR) is 77.5 cm³/mol. The van der Waals surface area contributed by atoms with Gasteiger partial charge in [-0.15, -0.1) is 0 Å². The first kappa shape index (κ1) is 14.1. The average molecular weight is 288 g/mol.